The molecule has 0 spiro atoms. The molecular formula is C15H15ClN2O. The third-order valence-electron chi connectivity index (χ3n) is 4.06. The highest BCUT2D eigenvalue weighted by atomic mass is 35.5. The van der Waals surface area contributed by atoms with Crippen LogP contribution in [0.15, 0.2) is 23.2 Å². The number of benzene rings is 1. The van der Waals surface area contributed by atoms with Crippen LogP contribution in [0.1, 0.15) is 36.9 Å². The van der Waals surface area contributed by atoms with E-state index in [4.69, 9.17) is 11.6 Å². The van der Waals surface area contributed by atoms with Crippen molar-refractivity contribution in [2.45, 2.75) is 38.1 Å². The fourth-order valence-electron chi connectivity index (χ4n) is 3.16. The Morgan fingerprint density at radius 2 is 2.11 bits per heavy atom. The standard InChI is InChI=1S/C15H15ClN2O/c1-10-8-11-13(18-10)5-4-12(14(11)16)15(17-9-19)6-2-3-7-15/h4-5,8,18H,2-3,6-7H2,1H3. The van der Waals surface area contributed by atoms with Gasteiger partial charge in [0.2, 0.25) is 6.08 Å². The van der Waals surface area contributed by atoms with Gasteiger partial charge in [0.05, 0.1) is 10.6 Å². The zero-order chi connectivity index (χ0) is 13.5. The van der Waals surface area contributed by atoms with E-state index < -0.39 is 5.54 Å². The molecule has 1 fully saturated rings. The molecule has 0 bridgehead atoms. The molecule has 0 saturated heterocycles. The molecule has 4 heteroatoms. The van der Waals surface area contributed by atoms with Gasteiger partial charge in [-0.3, -0.25) is 0 Å². The van der Waals surface area contributed by atoms with Crippen LogP contribution in [0.2, 0.25) is 5.02 Å². The Labute approximate surface area is 116 Å². The molecule has 98 valence electrons. The van der Waals surface area contributed by atoms with Crippen LogP contribution in [0.25, 0.3) is 10.9 Å². The van der Waals surface area contributed by atoms with Crippen LogP contribution in [-0.4, -0.2) is 11.1 Å². The quantitative estimate of drug-likeness (QED) is 0.646. The van der Waals surface area contributed by atoms with Gasteiger partial charge in [0.1, 0.15) is 0 Å². The van der Waals surface area contributed by atoms with E-state index in [0.717, 1.165) is 47.8 Å². The number of hydrogen-bond acceptors (Lipinski definition) is 2. The molecule has 1 heterocycles. The van der Waals surface area contributed by atoms with Gasteiger partial charge in [0.15, 0.2) is 0 Å². The summed E-state index contributed by atoms with van der Waals surface area (Å²) in [6.45, 7) is 2.00. The van der Waals surface area contributed by atoms with Crippen LogP contribution in [-0.2, 0) is 10.3 Å². The lowest BCUT2D eigenvalue weighted by atomic mass is 9.88. The van der Waals surface area contributed by atoms with Crippen LogP contribution in [0.4, 0.5) is 0 Å². The second-order valence-corrected chi connectivity index (χ2v) is 5.66. The highest BCUT2D eigenvalue weighted by molar-refractivity contribution is 6.36. The Hall–Kier alpha value is -1.57. The fraction of sp³-hybridized carbons (Fsp3) is 0.400. The Balaban J connectivity index is 2.23. The summed E-state index contributed by atoms with van der Waals surface area (Å²) in [6, 6.07) is 6.05. The number of carbonyl (C=O) groups excluding carboxylic acids is 1. The lowest BCUT2D eigenvalue weighted by Gasteiger charge is -2.24. The normalized spacial score (nSPS) is 17.6. The van der Waals surface area contributed by atoms with Gasteiger partial charge < -0.3 is 4.98 Å². The molecule has 0 radical (unpaired) electrons. The average molecular weight is 275 g/mol. The maximum atomic E-state index is 10.8. The number of H-pyrrole nitrogens is 1. The molecule has 1 aromatic heterocycles. The van der Waals surface area contributed by atoms with Crippen molar-refractivity contribution < 1.29 is 4.79 Å². The summed E-state index contributed by atoms with van der Waals surface area (Å²) in [5, 5.41) is 1.71. The van der Waals surface area contributed by atoms with Crippen molar-refractivity contribution in [3.8, 4) is 0 Å². The Kier molecular flexibility index (Phi) is 2.96. The minimum atomic E-state index is -0.460. The van der Waals surface area contributed by atoms with Crippen LogP contribution < -0.4 is 0 Å². The van der Waals surface area contributed by atoms with Gasteiger partial charge in [-0.1, -0.05) is 30.5 Å². The van der Waals surface area contributed by atoms with E-state index in [0.29, 0.717) is 5.02 Å². The lowest BCUT2D eigenvalue weighted by molar-refractivity contribution is 0.456. The average Bonchev–Trinajstić information content (AvgIpc) is 2.97. The molecule has 1 aliphatic carbocycles. The molecule has 1 aromatic carbocycles. The SMILES string of the molecule is Cc1cc2c(Cl)c(C3(N=C=O)CCCC3)ccc2[nH]1. The number of aromatic nitrogens is 1. The first kappa shape index (κ1) is 12.5. The van der Waals surface area contributed by atoms with Crippen LogP contribution in [0.3, 0.4) is 0 Å². The van der Waals surface area contributed by atoms with Gasteiger partial charge in [-0.05, 0) is 37.5 Å². The van der Waals surface area contributed by atoms with Crippen LogP contribution >= 0.6 is 11.6 Å². The molecule has 0 aliphatic heterocycles. The highest BCUT2D eigenvalue weighted by Crippen LogP contribution is 2.46. The molecule has 2 aromatic rings. The zero-order valence-electron chi connectivity index (χ0n) is 10.8. The summed E-state index contributed by atoms with van der Waals surface area (Å²) in [7, 11) is 0. The second-order valence-electron chi connectivity index (χ2n) is 5.28. The maximum absolute atomic E-state index is 10.8. The van der Waals surface area contributed by atoms with Gasteiger partial charge in [-0.15, -0.1) is 0 Å². The van der Waals surface area contributed by atoms with Crippen molar-refractivity contribution in [2.75, 3.05) is 0 Å². The summed E-state index contributed by atoms with van der Waals surface area (Å²) in [4.78, 5) is 18.1. The summed E-state index contributed by atoms with van der Waals surface area (Å²) in [5.41, 5.74) is 2.60. The Morgan fingerprint density at radius 3 is 2.79 bits per heavy atom. The third kappa shape index (κ3) is 1.90. The molecule has 1 aliphatic rings. The number of nitrogens with zero attached hydrogens (tertiary/aromatic N) is 1. The van der Waals surface area contributed by atoms with Gasteiger partial charge in [0.25, 0.3) is 0 Å². The van der Waals surface area contributed by atoms with E-state index >= 15 is 0 Å². The lowest BCUT2D eigenvalue weighted by Crippen LogP contribution is -2.19. The monoisotopic (exact) mass is 274 g/mol. The number of aliphatic imine (C=N–C) groups is 1. The first-order valence-corrected chi connectivity index (χ1v) is 6.91. The summed E-state index contributed by atoms with van der Waals surface area (Å²) >= 11 is 6.55. The molecule has 3 rings (SSSR count). The van der Waals surface area contributed by atoms with E-state index in [2.05, 4.69) is 9.98 Å². The van der Waals surface area contributed by atoms with Gasteiger partial charge >= 0.3 is 0 Å². The smallest absolute Gasteiger partial charge is 0.235 e. The summed E-state index contributed by atoms with van der Waals surface area (Å²) in [6.07, 6.45) is 5.63. The fourth-order valence-corrected chi connectivity index (χ4v) is 3.55. The van der Waals surface area contributed by atoms with E-state index in [1.54, 1.807) is 6.08 Å². The molecule has 1 N–H and O–H groups in total. The summed E-state index contributed by atoms with van der Waals surface area (Å²) in [5.74, 6) is 0. The molecule has 3 nitrogen and oxygen atoms in total. The number of isocyanates is 1. The molecule has 0 unspecified atom stereocenters. The number of nitrogens with one attached hydrogen (secondary N) is 1. The number of fused-ring (bicyclic) bond motifs is 1. The molecule has 1 saturated carbocycles. The van der Waals surface area contributed by atoms with E-state index in [1.165, 1.54) is 0 Å². The predicted molar refractivity (Wildman–Crippen MR) is 76.3 cm³/mol. The first-order valence-electron chi connectivity index (χ1n) is 6.54. The van der Waals surface area contributed by atoms with Crippen molar-refractivity contribution in [1.82, 2.24) is 4.98 Å². The van der Waals surface area contributed by atoms with E-state index in [1.807, 2.05) is 25.1 Å². The Bertz CT molecular complexity index is 677. The molecule has 19 heavy (non-hydrogen) atoms. The maximum Gasteiger partial charge on any atom is 0.235 e. The Morgan fingerprint density at radius 1 is 1.37 bits per heavy atom. The predicted octanol–water partition coefficient (Wildman–Crippen LogP) is 4.23. The van der Waals surface area contributed by atoms with Crippen molar-refractivity contribution in [3.05, 3.63) is 34.5 Å². The van der Waals surface area contributed by atoms with Gasteiger partial charge in [-0.2, -0.15) is 4.99 Å². The number of aryl methyl sites for hydroxylation is 1. The number of halogens is 1. The van der Waals surface area contributed by atoms with Crippen molar-refractivity contribution >= 4 is 28.6 Å². The minimum absolute atomic E-state index is 0.460. The van der Waals surface area contributed by atoms with Gasteiger partial charge in [0, 0.05) is 16.6 Å². The van der Waals surface area contributed by atoms with Gasteiger partial charge in [-0.25, -0.2) is 4.79 Å². The van der Waals surface area contributed by atoms with Crippen molar-refractivity contribution in [3.63, 3.8) is 0 Å². The topological polar surface area (TPSA) is 45.2 Å². The molecule has 0 atom stereocenters. The number of hydrogen-bond donors (Lipinski definition) is 1. The van der Waals surface area contributed by atoms with Crippen molar-refractivity contribution in [1.29, 1.82) is 0 Å². The second kappa shape index (κ2) is 4.52. The molecular weight excluding hydrogens is 260 g/mol. The van der Waals surface area contributed by atoms with Crippen LogP contribution in [0, 0.1) is 6.92 Å². The zero-order valence-corrected chi connectivity index (χ0v) is 11.5. The van der Waals surface area contributed by atoms with E-state index in [9.17, 15) is 4.79 Å². The minimum Gasteiger partial charge on any atom is -0.359 e. The van der Waals surface area contributed by atoms with Crippen molar-refractivity contribution in [2.24, 2.45) is 4.99 Å². The highest BCUT2D eigenvalue weighted by Gasteiger charge is 2.37. The third-order valence-corrected chi connectivity index (χ3v) is 4.47. The largest absolute Gasteiger partial charge is 0.359 e. The number of rotatable bonds is 2. The summed E-state index contributed by atoms with van der Waals surface area (Å²) < 4.78 is 0. The van der Waals surface area contributed by atoms with Crippen LogP contribution in [0.5, 0.6) is 0 Å². The first-order chi connectivity index (χ1) is 9.16. The van der Waals surface area contributed by atoms with E-state index in [-0.39, 0.29) is 0 Å². The number of aromatic amines is 1. The molecule has 0 amide bonds.